The van der Waals surface area contributed by atoms with Crippen molar-refractivity contribution in [2.24, 2.45) is 0 Å². The van der Waals surface area contributed by atoms with Crippen molar-refractivity contribution in [3.05, 3.63) is 59.3 Å². The average molecular weight is 517 g/mol. The number of sulfonamides is 1. The minimum atomic E-state index is -3.32. The van der Waals surface area contributed by atoms with E-state index < -0.39 is 22.1 Å². The van der Waals surface area contributed by atoms with Gasteiger partial charge in [0.25, 0.3) is 0 Å². The van der Waals surface area contributed by atoms with Crippen LogP contribution >= 0.6 is 0 Å². The predicted octanol–water partition coefficient (Wildman–Crippen LogP) is 0.891. The van der Waals surface area contributed by atoms with Crippen molar-refractivity contribution < 1.29 is 18.0 Å². The summed E-state index contributed by atoms with van der Waals surface area (Å²) in [5.74, 6) is 0.0650. The fourth-order valence-electron chi connectivity index (χ4n) is 4.46. The normalized spacial score (nSPS) is 19.4. The highest BCUT2D eigenvalue weighted by molar-refractivity contribution is 7.88. The fraction of sp³-hybridized carbons (Fsp3) is 0.480. The largest absolute Gasteiger partial charge is 0.384 e. The minimum absolute atomic E-state index is 0.200. The summed E-state index contributed by atoms with van der Waals surface area (Å²) in [5, 5.41) is 5.69. The summed E-state index contributed by atoms with van der Waals surface area (Å²) in [6.07, 6.45) is 2.55. The Bertz CT molecular complexity index is 1160. The molecule has 1 unspecified atom stereocenters. The molecule has 1 aliphatic heterocycles. The smallest absolute Gasteiger partial charge is 0.242 e. The maximum absolute atomic E-state index is 13.3. The van der Waals surface area contributed by atoms with Gasteiger partial charge in [0.1, 0.15) is 11.9 Å². The molecule has 0 bridgehead atoms. The molecule has 0 saturated carbocycles. The van der Waals surface area contributed by atoms with Gasteiger partial charge in [-0.3, -0.25) is 14.5 Å². The van der Waals surface area contributed by atoms with Crippen molar-refractivity contribution in [2.45, 2.75) is 51.2 Å². The topological polar surface area (TPSA) is 147 Å². The van der Waals surface area contributed by atoms with Gasteiger partial charge >= 0.3 is 0 Å². The second kappa shape index (κ2) is 12.3. The second-order valence-corrected chi connectivity index (χ2v) is 11.1. The first-order valence-corrected chi connectivity index (χ1v) is 14.0. The molecule has 1 fully saturated rings. The molecule has 1 saturated heterocycles. The van der Waals surface area contributed by atoms with Crippen molar-refractivity contribution >= 4 is 27.7 Å². The molecule has 2 amide bonds. The highest BCUT2D eigenvalue weighted by atomic mass is 32.2. The summed E-state index contributed by atoms with van der Waals surface area (Å²) >= 11 is 0. The van der Waals surface area contributed by atoms with Crippen molar-refractivity contribution in [3.8, 4) is 0 Å². The van der Waals surface area contributed by atoms with Crippen LogP contribution in [0.15, 0.2) is 42.5 Å². The van der Waals surface area contributed by atoms with Gasteiger partial charge in [-0.15, -0.1) is 0 Å². The third kappa shape index (κ3) is 8.00. The zero-order valence-electron chi connectivity index (χ0n) is 21.0. The molecule has 2 heterocycles. The molecule has 2 aromatic rings. The van der Waals surface area contributed by atoms with Gasteiger partial charge in [-0.05, 0) is 56.3 Å². The minimum Gasteiger partial charge on any atom is -0.384 e. The Morgan fingerprint density at radius 1 is 1.19 bits per heavy atom. The van der Waals surface area contributed by atoms with E-state index in [4.69, 9.17) is 5.73 Å². The Kier molecular flexibility index (Phi) is 9.41. The molecule has 196 valence electrons. The fourth-order valence-corrected chi connectivity index (χ4v) is 4.93. The standard InChI is InChI=1S/C25H36N6O4S/c1-17-21(9-10-23(26)29-17)16-27-24(32)18(2)30-25(33)22-15-20(19-7-5-4-6-8-19)11-13-31(22)14-12-28-36(3,34)35/h4-10,18,20,22,28H,11-16H2,1-3H3,(H2,26,29)(H,27,32)(H,30,33)/t18?,20-,22+/m0/s1. The first-order chi connectivity index (χ1) is 17.0. The third-order valence-electron chi connectivity index (χ3n) is 6.47. The Labute approximate surface area is 213 Å². The molecule has 1 aromatic heterocycles. The van der Waals surface area contributed by atoms with Crippen LogP contribution in [0.5, 0.6) is 0 Å². The van der Waals surface area contributed by atoms with E-state index in [2.05, 4.69) is 32.5 Å². The van der Waals surface area contributed by atoms with Crippen molar-refractivity contribution in [1.29, 1.82) is 0 Å². The number of pyridine rings is 1. The van der Waals surface area contributed by atoms with Gasteiger partial charge in [-0.1, -0.05) is 36.4 Å². The Balaban J connectivity index is 1.63. The highest BCUT2D eigenvalue weighted by Crippen LogP contribution is 2.31. The molecule has 3 atom stereocenters. The predicted molar refractivity (Wildman–Crippen MR) is 139 cm³/mol. The number of amides is 2. The number of likely N-dealkylation sites (tertiary alicyclic amines) is 1. The summed E-state index contributed by atoms with van der Waals surface area (Å²) in [7, 11) is -3.32. The number of rotatable bonds is 10. The molecule has 36 heavy (non-hydrogen) atoms. The van der Waals surface area contributed by atoms with E-state index in [0.29, 0.717) is 25.3 Å². The summed E-state index contributed by atoms with van der Waals surface area (Å²) in [4.78, 5) is 32.2. The lowest BCUT2D eigenvalue weighted by Gasteiger charge is -2.39. The monoisotopic (exact) mass is 516 g/mol. The van der Waals surface area contributed by atoms with Crippen LogP contribution in [0.25, 0.3) is 0 Å². The summed E-state index contributed by atoms with van der Waals surface area (Å²) in [5.41, 5.74) is 8.43. The number of nitrogens with one attached hydrogen (secondary N) is 3. The van der Waals surface area contributed by atoms with Crippen molar-refractivity contribution in [3.63, 3.8) is 0 Å². The number of carbonyl (C=O) groups excluding carboxylic acids is 2. The van der Waals surface area contributed by atoms with Crippen LogP contribution in [0.3, 0.4) is 0 Å². The van der Waals surface area contributed by atoms with E-state index in [9.17, 15) is 18.0 Å². The van der Waals surface area contributed by atoms with Crippen LogP contribution in [-0.4, -0.2) is 68.1 Å². The molecule has 5 N–H and O–H groups in total. The molecule has 1 aliphatic rings. The van der Waals surface area contributed by atoms with E-state index in [1.54, 1.807) is 13.0 Å². The summed E-state index contributed by atoms with van der Waals surface area (Å²) in [6.45, 7) is 5.01. The van der Waals surface area contributed by atoms with E-state index in [1.807, 2.05) is 36.1 Å². The molecule has 0 aliphatic carbocycles. The zero-order chi connectivity index (χ0) is 26.3. The average Bonchev–Trinajstić information content (AvgIpc) is 2.83. The second-order valence-electron chi connectivity index (χ2n) is 9.28. The van der Waals surface area contributed by atoms with Gasteiger partial charge in [0, 0.05) is 25.3 Å². The van der Waals surface area contributed by atoms with E-state index >= 15 is 0 Å². The van der Waals surface area contributed by atoms with Crippen LogP contribution < -0.4 is 21.1 Å². The number of nitrogens with two attached hydrogens (primary N) is 1. The zero-order valence-corrected chi connectivity index (χ0v) is 21.8. The molecule has 0 radical (unpaired) electrons. The van der Waals surface area contributed by atoms with Gasteiger partial charge in [-0.25, -0.2) is 18.1 Å². The van der Waals surface area contributed by atoms with Crippen LogP contribution in [-0.2, 0) is 26.2 Å². The third-order valence-corrected chi connectivity index (χ3v) is 7.20. The lowest BCUT2D eigenvalue weighted by atomic mass is 9.85. The van der Waals surface area contributed by atoms with Gasteiger partial charge in [0.05, 0.1) is 12.3 Å². The summed E-state index contributed by atoms with van der Waals surface area (Å²) < 4.78 is 25.5. The number of aromatic nitrogens is 1. The van der Waals surface area contributed by atoms with E-state index in [-0.39, 0.29) is 30.8 Å². The van der Waals surface area contributed by atoms with Gasteiger partial charge in [-0.2, -0.15) is 0 Å². The van der Waals surface area contributed by atoms with Crippen molar-refractivity contribution in [1.82, 2.24) is 25.2 Å². The number of nitrogen functional groups attached to an aromatic ring is 1. The number of nitrogens with zero attached hydrogens (tertiary/aromatic N) is 2. The van der Waals surface area contributed by atoms with Gasteiger partial charge in [0.15, 0.2) is 0 Å². The van der Waals surface area contributed by atoms with Gasteiger partial charge < -0.3 is 16.4 Å². The molecular formula is C25H36N6O4S. The Morgan fingerprint density at radius 3 is 2.58 bits per heavy atom. The number of hydrogen-bond acceptors (Lipinski definition) is 7. The Hall–Kier alpha value is -3.02. The number of carbonyl (C=O) groups is 2. The number of anilines is 1. The van der Waals surface area contributed by atoms with Gasteiger partial charge in [0.2, 0.25) is 21.8 Å². The van der Waals surface area contributed by atoms with Crippen LogP contribution in [0.4, 0.5) is 5.82 Å². The first kappa shape index (κ1) is 27.6. The van der Waals surface area contributed by atoms with E-state index in [1.165, 1.54) is 5.56 Å². The molecule has 3 rings (SSSR count). The lowest BCUT2D eigenvalue weighted by Crippen LogP contribution is -2.56. The molecule has 0 spiro atoms. The first-order valence-electron chi connectivity index (χ1n) is 12.1. The van der Waals surface area contributed by atoms with Crippen LogP contribution in [0.2, 0.25) is 0 Å². The van der Waals surface area contributed by atoms with Crippen LogP contribution in [0, 0.1) is 6.92 Å². The molecular weight excluding hydrogens is 480 g/mol. The Morgan fingerprint density at radius 2 is 1.92 bits per heavy atom. The quantitative estimate of drug-likeness (QED) is 0.367. The number of aryl methyl sites for hydroxylation is 1. The SMILES string of the molecule is Cc1nc(N)ccc1CNC(=O)C(C)NC(=O)[C@H]1C[C@@H](c2ccccc2)CCN1CCNS(C)(=O)=O. The van der Waals surface area contributed by atoms with E-state index in [0.717, 1.165) is 23.9 Å². The number of hydrogen-bond donors (Lipinski definition) is 4. The molecule has 1 aromatic carbocycles. The lowest BCUT2D eigenvalue weighted by molar-refractivity contribution is -0.132. The van der Waals surface area contributed by atoms with Crippen molar-refractivity contribution in [2.75, 3.05) is 31.6 Å². The highest BCUT2D eigenvalue weighted by Gasteiger charge is 2.35. The molecule has 10 nitrogen and oxygen atoms in total. The number of benzene rings is 1. The molecule has 11 heteroatoms. The maximum atomic E-state index is 13.3. The van der Waals surface area contributed by atoms with Crippen LogP contribution in [0.1, 0.15) is 42.5 Å². The maximum Gasteiger partial charge on any atom is 0.242 e. The summed E-state index contributed by atoms with van der Waals surface area (Å²) in [6, 6.07) is 12.3. The number of piperidine rings is 1.